The number of aromatic hydroxyl groups is 1. The van der Waals surface area contributed by atoms with Gasteiger partial charge in [0.15, 0.2) is 17.1 Å². The van der Waals surface area contributed by atoms with E-state index in [0.29, 0.717) is 11.3 Å². The summed E-state index contributed by atoms with van der Waals surface area (Å²) in [5.74, 6) is -7.25. The van der Waals surface area contributed by atoms with Gasteiger partial charge in [0, 0.05) is 37.7 Å². The van der Waals surface area contributed by atoms with Crippen molar-refractivity contribution >= 4 is 40.7 Å². The smallest absolute Gasteiger partial charge is 0.412 e. The van der Waals surface area contributed by atoms with Gasteiger partial charge in [-0.3, -0.25) is 19.7 Å². The highest BCUT2D eigenvalue weighted by Gasteiger charge is 2.60. The standard InChI is InChI=1S/C25H27N3O9/c1-4-5-37-24(35)27-13-9-14(28(2)3)12-7-10-6-11-8-15(29)18(23(26)34)22(33)25(11,36)21(32)16(10)20(31)17(12)19(13)30/h4,9-11,30-31,33,36H,1,5-8H2,2-3H3,(H2,26,34)(H,27,35)/t10-,11+,25+/m1/s1. The van der Waals surface area contributed by atoms with Crippen molar-refractivity contribution in [3.05, 3.63) is 46.8 Å². The van der Waals surface area contributed by atoms with Crippen LogP contribution in [0.5, 0.6) is 5.75 Å². The molecule has 4 rings (SSSR count). The quantitative estimate of drug-likeness (QED) is 0.189. The first kappa shape index (κ1) is 25.8. The number of primary amides is 1. The van der Waals surface area contributed by atoms with Crippen molar-refractivity contribution in [1.29, 1.82) is 0 Å². The summed E-state index contributed by atoms with van der Waals surface area (Å²) in [5, 5.41) is 46.7. The summed E-state index contributed by atoms with van der Waals surface area (Å²) >= 11 is 0. The Hall–Kier alpha value is -4.32. The van der Waals surface area contributed by atoms with Crippen LogP contribution in [0, 0.1) is 11.8 Å². The van der Waals surface area contributed by atoms with Gasteiger partial charge in [0.25, 0.3) is 5.91 Å². The predicted molar refractivity (Wildman–Crippen MR) is 131 cm³/mol. The minimum atomic E-state index is -2.65. The number of nitrogens with zero attached hydrogens (tertiary/aromatic N) is 1. The molecule has 12 nitrogen and oxygen atoms in total. The number of rotatable bonds is 5. The van der Waals surface area contributed by atoms with Crippen LogP contribution in [0.4, 0.5) is 16.2 Å². The molecule has 2 amide bonds. The van der Waals surface area contributed by atoms with Gasteiger partial charge in [-0.2, -0.15) is 0 Å². The summed E-state index contributed by atoms with van der Waals surface area (Å²) in [7, 11) is 3.42. The second-order valence-electron chi connectivity index (χ2n) is 9.46. The van der Waals surface area contributed by atoms with Crippen molar-refractivity contribution in [1.82, 2.24) is 0 Å². The molecule has 3 aliphatic rings. The fraction of sp³-hybridized carbons (Fsp3) is 0.360. The summed E-state index contributed by atoms with van der Waals surface area (Å²) < 4.78 is 4.89. The molecule has 0 bridgehead atoms. The number of aliphatic hydroxyl groups excluding tert-OH is 2. The first-order valence-electron chi connectivity index (χ1n) is 11.4. The average molecular weight is 514 g/mol. The van der Waals surface area contributed by atoms with Gasteiger partial charge in [-0.1, -0.05) is 12.7 Å². The van der Waals surface area contributed by atoms with E-state index < -0.39 is 70.3 Å². The van der Waals surface area contributed by atoms with Crippen LogP contribution < -0.4 is 16.0 Å². The lowest BCUT2D eigenvalue weighted by molar-refractivity contribution is -0.147. The number of phenols is 1. The van der Waals surface area contributed by atoms with E-state index in [1.54, 1.807) is 19.0 Å². The van der Waals surface area contributed by atoms with Gasteiger partial charge in [-0.05, 0) is 30.4 Å². The Balaban J connectivity index is 1.89. The van der Waals surface area contributed by atoms with Gasteiger partial charge in [-0.15, -0.1) is 0 Å². The SMILES string of the molecule is C=CCOC(=O)Nc1cc(N(C)C)c2c(c1O)C(O)=C1C(=O)[C@]3(O)C(O)=C(C(N)=O)C(=O)C[C@@H]3C[C@@H]1C2. The molecule has 1 saturated carbocycles. The summed E-state index contributed by atoms with van der Waals surface area (Å²) in [6, 6.07) is 1.49. The van der Waals surface area contributed by atoms with Gasteiger partial charge in [0.2, 0.25) is 5.78 Å². The fourth-order valence-electron chi connectivity index (χ4n) is 5.44. The zero-order valence-corrected chi connectivity index (χ0v) is 20.2. The van der Waals surface area contributed by atoms with E-state index in [1.807, 2.05) is 0 Å². The Kier molecular flexibility index (Phi) is 6.24. The maximum Gasteiger partial charge on any atom is 0.412 e. The van der Waals surface area contributed by atoms with Crippen LogP contribution >= 0.6 is 0 Å². The van der Waals surface area contributed by atoms with Crippen LogP contribution in [0.15, 0.2) is 35.6 Å². The Labute approximate surface area is 211 Å². The molecule has 0 aliphatic heterocycles. The van der Waals surface area contributed by atoms with Crippen LogP contribution in [0.3, 0.4) is 0 Å². The molecule has 0 heterocycles. The van der Waals surface area contributed by atoms with Crippen LogP contribution in [0.1, 0.15) is 24.0 Å². The third-order valence-corrected chi connectivity index (χ3v) is 7.09. The highest BCUT2D eigenvalue weighted by atomic mass is 16.5. The number of aliphatic hydroxyl groups is 3. The van der Waals surface area contributed by atoms with Crippen molar-refractivity contribution in [3.8, 4) is 5.75 Å². The molecule has 0 saturated heterocycles. The number of Topliss-reactive ketones (excluding diaryl/α,β-unsaturated/α-hetero) is 2. The third kappa shape index (κ3) is 3.80. The van der Waals surface area contributed by atoms with Gasteiger partial charge < -0.3 is 35.8 Å². The topological polar surface area (TPSA) is 200 Å². The first-order chi connectivity index (χ1) is 17.3. The van der Waals surface area contributed by atoms with Crippen LogP contribution in [-0.4, -0.2) is 70.3 Å². The number of fused-ring (bicyclic) bond motifs is 3. The number of carbonyl (C=O) groups is 4. The number of ketones is 2. The number of ether oxygens (including phenoxy) is 1. The first-order valence-corrected chi connectivity index (χ1v) is 11.4. The van der Waals surface area contributed by atoms with Gasteiger partial charge >= 0.3 is 6.09 Å². The third-order valence-electron chi connectivity index (χ3n) is 7.09. The number of phenolic OH excluding ortho intramolecular Hbond substituents is 1. The number of benzene rings is 1. The van der Waals surface area contributed by atoms with E-state index in [-0.39, 0.29) is 36.3 Å². The molecule has 0 radical (unpaired) electrons. The molecule has 12 heteroatoms. The van der Waals surface area contributed by atoms with Crippen LogP contribution in [0.2, 0.25) is 0 Å². The molecular formula is C25H27N3O9. The number of carbonyl (C=O) groups excluding carboxylic acids is 4. The van der Waals surface area contributed by atoms with Gasteiger partial charge in [0.05, 0.1) is 11.3 Å². The van der Waals surface area contributed by atoms with Crippen molar-refractivity contribution in [2.24, 2.45) is 17.6 Å². The van der Waals surface area contributed by atoms with E-state index in [2.05, 4.69) is 11.9 Å². The molecule has 37 heavy (non-hydrogen) atoms. The van der Waals surface area contributed by atoms with E-state index in [1.165, 1.54) is 12.1 Å². The summed E-state index contributed by atoms with van der Waals surface area (Å²) in [6.07, 6.45) is 0.213. The Morgan fingerprint density at radius 1 is 1.27 bits per heavy atom. The fourth-order valence-corrected chi connectivity index (χ4v) is 5.44. The Morgan fingerprint density at radius 2 is 1.95 bits per heavy atom. The van der Waals surface area contributed by atoms with Crippen LogP contribution in [-0.2, 0) is 25.5 Å². The Bertz CT molecular complexity index is 1330. The van der Waals surface area contributed by atoms with Gasteiger partial charge in [0.1, 0.15) is 23.7 Å². The molecule has 0 spiro atoms. The number of hydrogen-bond acceptors (Lipinski definition) is 10. The molecule has 1 aromatic carbocycles. The Morgan fingerprint density at radius 3 is 2.54 bits per heavy atom. The van der Waals surface area contributed by atoms with Crippen molar-refractivity contribution in [3.63, 3.8) is 0 Å². The number of nitrogens with one attached hydrogen (secondary N) is 1. The molecule has 196 valence electrons. The van der Waals surface area contributed by atoms with Crippen molar-refractivity contribution in [2.45, 2.75) is 24.9 Å². The molecule has 7 N–H and O–H groups in total. The normalized spacial score (nSPS) is 24.6. The van der Waals surface area contributed by atoms with E-state index in [4.69, 9.17) is 10.5 Å². The minimum absolute atomic E-state index is 0.0183. The summed E-state index contributed by atoms with van der Waals surface area (Å²) in [5.41, 5.74) is 2.15. The monoisotopic (exact) mass is 513 g/mol. The van der Waals surface area contributed by atoms with Crippen molar-refractivity contribution in [2.75, 3.05) is 30.9 Å². The number of amides is 2. The molecular weight excluding hydrogens is 486 g/mol. The number of anilines is 2. The molecule has 0 unspecified atom stereocenters. The highest BCUT2D eigenvalue weighted by Crippen LogP contribution is 2.54. The second-order valence-corrected chi connectivity index (χ2v) is 9.46. The summed E-state index contributed by atoms with van der Waals surface area (Å²) in [6.45, 7) is 3.36. The van der Waals surface area contributed by atoms with E-state index in [0.717, 1.165) is 0 Å². The zero-order valence-electron chi connectivity index (χ0n) is 20.2. The highest BCUT2D eigenvalue weighted by molar-refractivity contribution is 6.22. The lowest BCUT2D eigenvalue weighted by Gasteiger charge is -2.46. The predicted octanol–water partition coefficient (Wildman–Crippen LogP) is 1.22. The number of hydrogen-bond donors (Lipinski definition) is 6. The van der Waals surface area contributed by atoms with Crippen LogP contribution in [0.25, 0.3) is 5.76 Å². The summed E-state index contributed by atoms with van der Waals surface area (Å²) in [4.78, 5) is 51.6. The van der Waals surface area contributed by atoms with E-state index >= 15 is 0 Å². The molecule has 1 aromatic rings. The maximum atomic E-state index is 13.6. The lowest BCUT2D eigenvalue weighted by atomic mass is 9.59. The zero-order chi connectivity index (χ0) is 27.4. The molecule has 3 aliphatic carbocycles. The van der Waals surface area contributed by atoms with Crippen molar-refractivity contribution < 1.29 is 44.3 Å². The molecule has 1 fully saturated rings. The number of nitrogens with two attached hydrogens (primary N) is 1. The lowest BCUT2D eigenvalue weighted by Crippen LogP contribution is -2.58. The second kappa shape index (κ2) is 8.96. The molecule has 3 atom stereocenters. The molecule has 0 aromatic heterocycles. The average Bonchev–Trinajstić information content (AvgIpc) is 2.81. The largest absolute Gasteiger partial charge is 0.508 e. The van der Waals surface area contributed by atoms with E-state index in [9.17, 15) is 39.6 Å². The minimum Gasteiger partial charge on any atom is -0.508 e. The van der Waals surface area contributed by atoms with Gasteiger partial charge in [-0.25, -0.2) is 4.79 Å². The maximum absolute atomic E-state index is 13.6.